The Labute approximate surface area is 151 Å². The first-order valence-corrected chi connectivity index (χ1v) is 8.78. The van der Waals surface area contributed by atoms with Crippen molar-refractivity contribution in [1.29, 1.82) is 0 Å². The van der Waals surface area contributed by atoms with Crippen molar-refractivity contribution in [3.8, 4) is 0 Å². The predicted molar refractivity (Wildman–Crippen MR) is 100 cm³/mol. The number of fused-ring (bicyclic) bond motifs is 1. The second-order valence-electron chi connectivity index (χ2n) is 6.24. The average Bonchev–Trinajstić information content (AvgIpc) is 3.04. The van der Waals surface area contributed by atoms with Gasteiger partial charge in [-0.25, -0.2) is 4.98 Å². The van der Waals surface area contributed by atoms with Crippen LogP contribution in [0.25, 0.3) is 10.9 Å². The molecule has 2 aromatic heterocycles. The lowest BCUT2D eigenvalue weighted by molar-refractivity contribution is -0.130. The summed E-state index contributed by atoms with van der Waals surface area (Å²) in [5.41, 5.74) is 2.00. The van der Waals surface area contributed by atoms with Crippen molar-refractivity contribution in [2.24, 2.45) is 0 Å². The Morgan fingerprint density at radius 3 is 2.76 bits per heavy atom. The van der Waals surface area contributed by atoms with Crippen LogP contribution < -0.4 is 4.90 Å². The molecule has 1 N–H and O–H groups in total. The van der Waals surface area contributed by atoms with Gasteiger partial charge in [0.05, 0.1) is 6.42 Å². The Bertz CT molecular complexity index is 885. The summed E-state index contributed by atoms with van der Waals surface area (Å²) in [6, 6.07) is 11.6. The van der Waals surface area contributed by atoms with E-state index < -0.39 is 0 Å². The van der Waals surface area contributed by atoms with Crippen LogP contribution in [0.1, 0.15) is 5.56 Å². The van der Waals surface area contributed by atoms with Crippen molar-refractivity contribution in [3.05, 3.63) is 59.4 Å². The van der Waals surface area contributed by atoms with Crippen LogP contribution in [0.3, 0.4) is 0 Å². The number of pyridine rings is 1. The number of aromatic nitrogens is 2. The van der Waals surface area contributed by atoms with Gasteiger partial charge in [-0.1, -0.05) is 17.7 Å². The summed E-state index contributed by atoms with van der Waals surface area (Å²) >= 11 is 6.09. The smallest absolute Gasteiger partial charge is 0.227 e. The molecule has 1 saturated heterocycles. The third-order valence-electron chi connectivity index (χ3n) is 4.68. The van der Waals surface area contributed by atoms with Gasteiger partial charge in [0.15, 0.2) is 0 Å². The molecule has 0 radical (unpaired) electrons. The topological polar surface area (TPSA) is 52.2 Å². The van der Waals surface area contributed by atoms with Crippen LogP contribution >= 0.6 is 11.6 Å². The summed E-state index contributed by atoms with van der Waals surface area (Å²) in [5, 5.41) is 1.71. The summed E-state index contributed by atoms with van der Waals surface area (Å²) in [6.45, 7) is 3.06. The number of amides is 1. The zero-order valence-electron chi connectivity index (χ0n) is 13.8. The number of anilines is 1. The molecular formula is C19H19ClN4O. The van der Waals surface area contributed by atoms with Crippen LogP contribution in [-0.4, -0.2) is 47.0 Å². The van der Waals surface area contributed by atoms with Crippen molar-refractivity contribution < 1.29 is 4.79 Å². The second kappa shape index (κ2) is 6.76. The van der Waals surface area contributed by atoms with Crippen molar-refractivity contribution in [1.82, 2.24) is 14.9 Å². The van der Waals surface area contributed by atoms with Gasteiger partial charge in [-0.05, 0) is 35.9 Å². The number of H-pyrrole nitrogens is 1. The van der Waals surface area contributed by atoms with Gasteiger partial charge in [-0.15, -0.1) is 0 Å². The van der Waals surface area contributed by atoms with Crippen molar-refractivity contribution in [3.63, 3.8) is 0 Å². The minimum atomic E-state index is 0.154. The quantitative estimate of drug-likeness (QED) is 0.786. The molecule has 1 aliphatic heterocycles. The van der Waals surface area contributed by atoms with Gasteiger partial charge in [-0.2, -0.15) is 0 Å². The zero-order valence-corrected chi connectivity index (χ0v) is 14.5. The van der Waals surface area contributed by atoms with Gasteiger partial charge < -0.3 is 14.8 Å². The molecule has 25 heavy (non-hydrogen) atoms. The van der Waals surface area contributed by atoms with Gasteiger partial charge in [0, 0.05) is 54.5 Å². The van der Waals surface area contributed by atoms with Crippen LogP contribution in [0.4, 0.5) is 5.82 Å². The Kier molecular flexibility index (Phi) is 4.32. The van der Waals surface area contributed by atoms with Gasteiger partial charge >= 0.3 is 0 Å². The third-order valence-corrected chi connectivity index (χ3v) is 4.91. The molecule has 1 aliphatic rings. The minimum Gasteiger partial charge on any atom is -0.361 e. The first kappa shape index (κ1) is 16.0. The van der Waals surface area contributed by atoms with E-state index in [2.05, 4.69) is 14.9 Å². The second-order valence-corrected chi connectivity index (χ2v) is 6.67. The number of hydrogen-bond acceptors (Lipinski definition) is 3. The molecule has 6 heteroatoms. The largest absolute Gasteiger partial charge is 0.361 e. The molecule has 4 rings (SSSR count). The molecule has 1 aromatic carbocycles. The van der Waals surface area contributed by atoms with E-state index in [1.54, 1.807) is 6.20 Å². The Morgan fingerprint density at radius 1 is 1.16 bits per heavy atom. The van der Waals surface area contributed by atoms with Gasteiger partial charge in [0.2, 0.25) is 5.91 Å². The number of nitrogens with zero attached hydrogens (tertiary/aromatic N) is 3. The summed E-state index contributed by atoms with van der Waals surface area (Å²) < 4.78 is 0. The third kappa shape index (κ3) is 3.33. The summed E-state index contributed by atoms with van der Waals surface area (Å²) in [7, 11) is 0. The van der Waals surface area contributed by atoms with Crippen LogP contribution in [0.5, 0.6) is 0 Å². The number of benzene rings is 1. The molecule has 128 valence electrons. The Hall–Kier alpha value is -2.53. The molecule has 3 heterocycles. The van der Waals surface area contributed by atoms with Gasteiger partial charge in [-0.3, -0.25) is 4.79 Å². The first-order chi connectivity index (χ1) is 12.2. The molecule has 0 saturated carbocycles. The molecule has 0 aliphatic carbocycles. The number of carbonyl (C=O) groups excluding carboxylic acids is 1. The molecule has 5 nitrogen and oxygen atoms in total. The number of halogens is 1. The van der Waals surface area contributed by atoms with E-state index in [1.165, 1.54) is 0 Å². The molecule has 3 aromatic rings. The van der Waals surface area contributed by atoms with Crippen LogP contribution in [-0.2, 0) is 11.2 Å². The summed E-state index contributed by atoms with van der Waals surface area (Å²) in [6.07, 6.45) is 4.10. The molecule has 0 bridgehead atoms. The highest BCUT2D eigenvalue weighted by molar-refractivity contribution is 6.31. The highest BCUT2D eigenvalue weighted by Gasteiger charge is 2.22. The summed E-state index contributed by atoms with van der Waals surface area (Å²) in [4.78, 5) is 24.4. The fourth-order valence-electron chi connectivity index (χ4n) is 3.30. The molecular weight excluding hydrogens is 336 g/mol. The maximum absolute atomic E-state index is 12.7. The monoisotopic (exact) mass is 354 g/mol. The first-order valence-electron chi connectivity index (χ1n) is 8.40. The lowest BCUT2D eigenvalue weighted by Gasteiger charge is -2.35. The Balaban J connectivity index is 1.41. The van der Waals surface area contributed by atoms with E-state index in [0.29, 0.717) is 11.4 Å². The van der Waals surface area contributed by atoms with Crippen LogP contribution in [0.15, 0.2) is 48.8 Å². The summed E-state index contributed by atoms with van der Waals surface area (Å²) in [5.74, 6) is 1.13. The number of aromatic amines is 1. The van der Waals surface area contributed by atoms with E-state index in [-0.39, 0.29) is 5.91 Å². The number of hydrogen-bond donors (Lipinski definition) is 1. The predicted octanol–water partition coefficient (Wildman–Crippen LogP) is 3.11. The van der Waals surface area contributed by atoms with Crippen LogP contribution in [0.2, 0.25) is 5.02 Å². The van der Waals surface area contributed by atoms with Crippen molar-refractivity contribution in [2.75, 3.05) is 31.1 Å². The fourth-order valence-corrected chi connectivity index (χ4v) is 3.47. The standard InChI is InChI=1S/C19H19ClN4O/c20-15-4-5-17-16(12-15)14(13-22-17)11-19(25)24-9-7-23(8-10-24)18-3-1-2-6-21-18/h1-6,12-13,22H,7-11H2. The molecule has 0 atom stereocenters. The maximum atomic E-state index is 12.7. The SMILES string of the molecule is O=C(Cc1c[nH]c2ccc(Cl)cc12)N1CCN(c2ccccn2)CC1. The van der Waals surface area contributed by atoms with E-state index in [1.807, 2.05) is 47.5 Å². The highest BCUT2D eigenvalue weighted by atomic mass is 35.5. The van der Waals surface area contributed by atoms with Gasteiger partial charge in [0.1, 0.15) is 5.82 Å². The molecule has 0 unspecified atom stereocenters. The number of piperazine rings is 1. The van der Waals surface area contributed by atoms with Crippen molar-refractivity contribution in [2.45, 2.75) is 6.42 Å². The molecule has 1 amide bonds. The van der Waals surface area contributed by atoms with Crippen LogP contribution in [0, 0.1) is 0 Å². The van der Waals surface area contributed by atoms with Crippen molar-refractivity contribution >= 4 is 34.2 Å². The number of rotatable bonds is 3. The Morgan fingerprint density at radius 2 is 2.00 bits per heavy atom. The zero-order chi connectivity index (χ0) is 17.2. The fraction of sp³-hybridized carbons (Fsp3) is 0.263. The van der Waals surface area contributed by atoms with E-state index in [0.717, 1.165) is 48.5 Å². The number of carbonyl (C=O) groups is 1. The minimum absolute atomic E-state index is 0.154. The highest BCUT2D eigenvalue weighted by Crippen LogP contribution is 2.23. The molecule has 1 fully saturated rings. The van der Waals surface area contributed by atoms with E-state index in [4.69, 9.17) is 11.6 Å². The average molecular weight is 355 g/mol. The van der Waals surface area contributed by atoms with E-state index >= 15 is 0 Å². The normalized spacial score (nSPS) is 14.9. The van der Waals surface area contributed by atoms with E-state index in [9.17, 15) is 4.79 Å². The number of nitrogens with one attached hydrogen (secondary N) is 1. The lowest BCUT2D eigenvalue weighted by Crippen LogP contribution is -2.49. The van der Waals surface area contributed by atoms with Gasteiger partial charge in [0.25, 0.3) is 0 Å². The lowest BCUT2D eigenvalue weighted by atomic mass is 10.1. The maximum Gasteiger partial charge on any atom is 0.227 e. The molecule has 0 spiro atoms.